The summed E-state index contributed by atoms with van der Waals surface area (Å²) in [6.07, 6.45) is -5.15. The minimum atomic E-state index is -5.15. The molecule has 4 N–H and O–H groups in total. The lowest BCUT2D eigenvalue weighted by atomic mass is 9.99. The van der Waals surface area contributed by atoms with Crippen LogP contribution in [0.25, 0.3) is 11.3 Å². The highest BCUT2D eigenvalue weighted by Crippen LogP contribution is 2.22. The van der Waals surface area contributed by atoms with Gasteiger partial charge in [-0.25, -0.2) is 9.89 Å². The first kappa shape index (κ1) is 26.1. The number of aromatic amines is 1. The summed E-state index contributed by atoms with van der Waals surface area (Å²) in [5.74, 6) is -4.06. The predicted molar refractivity (Wildman–Crippen MR) is 121 cm³/mol. The summed E-state index contributed by atoms with van der Waals surface area (Å²) in [4.78, 5) is 49.9. The van der Waals surface area contributed by atoms with Crippen LogP contribution in [0.2, 0.25) is 0 Å². The van der Waals surface area contributed by atoms with Crippen molar-refractivity contribution in [2.24, 2.45) is 5.92 Å². The van der Waals surface area contributed by atoms with E-state index in [0.717, 1.165) is 4.57 Å². The minimum absolute atomic E-state index is 0.0952. The van der Waals surface area contributed by atoms with E-state index < -0.39 is 48.0 Å². The third-order valence-corrected chi connectivity index (χ3v) is 4.92. The molecule has 3 aromatic rings. The number of H-pyrrole nitrogens is 1. The molecule has 2 heterocycles. The van der Waals surface area contributed by atoms with E-state index in [1.54, 1.807) is 30.3 Å². The smallest absolute Gasteiger partial charge is 0.344 e. The van der Waals surface area contributed by atoms with E-state index >= 15 is 0 Å². The summed E-state index contributed by atoms with van der Waals surface area (Å²) in [5, 5.41) is 19.0. The predicted octanol–water partition coefficient (Wildman–Crippen LogP) is 1.94. The van der Waals surface area contributed by atoms with Crippen molar-refractivity contribution in [1.29, 1.82) is 0 Å². The quantitative estimate of drug-likeness (QED) is 0.363. The molecule has 3 amide bonds. The molecule has 3 rings (SSSR count). The number of nitrogens with one attached hydrogen (secondary N) is 4. The van der Waals surface area contributed by atoms with Crippen LogP contribution in [-0.4, -0.2) is 55.1 Å². The van der Waals surface area contributed by atoms with Crippen LogP contribution in [0.3, 0.4) is 0 Å². The molecule has 1 atom stereocenters. The number of carbonyl (C=O) groups excluding carboxylic acids is 3. The number of rotatable bonds is 8. The van der Waals surface area contributed by atoms with Gasteiger partial charge in [0.1, 0.15) is 12.2 Å². The van der Waals surface area contributed by atoms with Gasteiger partial charge in [0.15, 0.2) is 0 Å². The standard InChI is InChI=1S/C21H21F3N8O4/c1-11(2)16(17(34)21(22,23)24)26-15(33)10-32-14(12-6-4-3-5-7-12)9-8-13(18(32)35)25-20(36)27-19-28-30-31-29-19/h3-9,11,16H,10H2,1-2H3,(H,26,33)(H3,25,27,28,29,30,31,36). The summed E-state index contributed by atoms with van der Waals surface area (Å²) in [7, 11) is 0. The number of tetrazole rings is 1. The van der Waals surface area contributed by atoms with Gasteiger partial charge in [0.2, 0.25) is 11.9 Å². The highest BCUT2D eigenvalue weighted by atomic mass is 19.4. The summed E-state index contributed by atoms with van der Waals surface area (Å²) < 4.78 is 39.9. The first-order valence-electron chi connectivity index (χ1n) is 10.5. The third-order valence-electron chi connectivity index (χ3n) is 4.92. The Morgan fingerprint density at radius 3 is 2.33 bits per heavy atom. The second-order valence-corrected chi connectivity index (χ2v) is 7.87. The summed E-state index contributed by atoms with van der Waals surface area (Å²) in [6, 6.07) is 8.47. The number of halogens is 3. The Balaban J connectivity index is 1.92. The van der Waals surface area contributed by atoms with E-state index in [9.17, 15) is 32.3 Å². The van der Waals surface area contributed by atoms with E-state index in [0.29, 0.717) is 5.56 Å². The number of amides is 3. The van der Waals surface area contributed by atoms with Crippen molar-refractivity contribution in [2.75, 3.05) is 10.6 Å². The van der Waals surface area contributed by atoms with Crippen molar-refractivity contribution in [3.05, 3.63) is 52.8 Å². The van der Waals surface area contributed by atoms with Crippen molar-refractivity contribution >= 4 is 29.4 Å². The number of hydrogen-bond acceptors (Lipinski definition) is 7. The fourth-order valence-corrected chi connectivity index (χ4v) is 3.24. The van der Waals surface area contributed by atoms with Gasteiger partial charge in [0.05, 0.1) is 11.7 Å². The molecule has 0 aliphatic heterocycles. The molecule has 1 unspecified atom stereocenters. The molecule has 0 spiro atoms. The number of hydrogen-bond donors (Lipinski definition) is 4. The Morgan fingerprint density at radius 1 is 1.06 bits per heavy atom. The van der Waals surface area contributed by atoms with E-state index in [2.05, 4.69) is 36.6 Å². The molecule has 0 saturated heterocycles. The van der Waals surface area contributed by atoms with Gasteiger partial charge in [0, 0.05) is 0 Å². The maximum absolute atomic E-state index is 13.2. The van der Waals surface area contributed by atoms with Gasteiger partial charge < -0.3 is 10.6 Å². The van der Waals surface area contributed by atoms with Crippen LogP contribution in [0.4, 0.5) is 29.6 Å². The molecule has 12 nitrogen and oxygen atoms in total. The first-order chi connectivity index (χ1) is 17.0. The fraction of sp³-hybridized carbons (Fsp3) is 0.286. The van der Waals surface area contributed by atoms with Crippen LogP contribution in [-0.2, 0) is 16.1 Å². The van der Waals surface area contributed by atoms with Crippen LogP contribution in [0.15, 0.2) is 47.3 Å². The number of benzene rings is 1. The molecule has 2 aromatic heterocycles. The molecule has 36 heavy (non-hydrogen) atoms. The van der Waals surface area contributed by atoms with Crippen molar-refractivity contribution in [3.8, 4) is 11.3 Å². The van der Waals surface area contributed by atoms with Crippen LogP contribution in [0, 0.1) is 5.92 Å². The lowest BCUT2D eigenvalue weighted by Gasteiger charge is -2.23. The Bertz CT molecular complexity index is 1290. The van der Waals surface area contributed by atoms with Gasteiger partial charge in [-0.05, 0) is 34.0 Å². The number of urea groups is 1. The molecular weight excluding hydrogens is 485 g/mol. The molecule has 190 valence electrons. The van der Waals surface area contributed by atoms with E-state index in [1.165, 1.54) is 26.0 Å². The highest BCUT2D eigenvalue weighted by Gasteiger charge is 2.45. The number of carbonyl (C=O) groups is 3. The largest absolute Gasteiger partial charge is 0.452 e. The first-order valence-corrected chi connectivity index (χ1v) is 10.5. The number of aromatic nitrogens is 5. The topological polar surface area (TPSA) is 164 Å². The van der Waals surface area contributed by atoms with Gasteiger partial charge in [-0.15, -0.1) is 0 Å². The highest BCUT2D eigenvalue weighted by molar-refractivity contribution is 5.98. The lowest BCUT2D eigenvalue weighted by Crippen LogP contribution is -2.50. The van der Waals surface area contributed by atoms with E-state index in [1.807, 2.05) is 0 Å². The van der Waals surface area contributed by atoms with Gasteiger partial charge in [-0.1, -0.05) is 49.3 Å². The number of ketones is 1. The number of anilines is 2. The van der Waals surface area contributed by atoms with Crippen LogP contribution >= 0.6 is 0 Å². The maximum Gasteiger partial charge on any atom is 0.452 e. The Kier molecular flexibility index (Phi) is 7.81. The Labute approximate surface area is 201 Å². The van der Waals surface area contributed by atoms with Crippen LogP contribution < -0.4 is 21.5 Å². The summed E-state index contributed by atoms with van der Waals surface area (Å²) >= 11 is 0. The van der Waals surface area contributed by atoms with Crippen molar-refractivity contribution in [2.45, 2.75) is 32.6 Å². The molecular formula is C21H21F3N8O4. The summed E-state index contributed by atoms with van der Waals surface area (Å²) in [5.41, 5.74) is -0.276. The maximum atomic E-state index is 13.2. The van der Waals surface area contributed by atoms with Gasteiger partial charge in [-0.3, -0.25) is 24.3 Å². The summed E-state index contributed by atoms with van der Waals surface area (Å²) in [6.45, 7) is 1.98. The third kappa shape index (κ3) is 6.31. The normalized spacial score (nSPS) is 12.2. The molecule has 0 fully saturated rings. The average molecular weight is 506 g/mol. The molecule has 0 saturated carbocycles. The number of pyridine rings is 1. The molecule has 0 aliphatic rings. The monoisotopic (exact) mass is 506 g/mol. The number of Topliss-reactive ketones (excluding diaryl/α,β-unsaturated/α-hetero) is 1. The Morgan fingerprint density at radius 2 is 1.75 bits per heavy atom. The zero-order valence-corrected chi connectivity index (χ0v) is 19.0. The van der Waals surface area contributed by atoms with Crippen molar-refractivity contribution in [3.63, 3.8) is 0 Å². The molecule has 0 bridgehead atoms. The van der Waals surface area contributed by atoms with Gasteiger partial charge >= 0.3 is 12.2 Å². The average Bonchev–Trinajstić information content (AvgIpc) is 3.32. The van der Waals surface area contributed by atoms with Crippen molar-refractivity contribution in [1.82, 2.24) is 30.5 Å². The van der Waals surface area contributed by atoms with Crippen LogP contribution in [0.1, 0.15) is 13.8 Å². The Hall–Kier alpha value is -4.56. The van der Waals surface area contributed by atoms with E-state index in [-0.39, 0.29) is 17.3 Å². The zero-order valence-electron chi connectivity index (χ0n) is 19.0. The fourth-order valence-electron chi connectivity index (χ4n) is 3.24. The molecule has 1 aromatic carbocycles. The van der Waals surface area contributed by atoms with Gasteiger partial charge in [-0.2, -0.15) is 13.2 Å². The molecule has 0 radical (unpaired) electrons. The second kappa shape index (κ2) is 10.8. The molecule has 0 aliphatic carbocycles. The molecule has 15 heteroatoms. The van der Waals surface area contributed by atoms with Crippen LogP contribution in [0.5, 0.6) is 0 Å². The van der Waals surface area contributed by atoms with E-state index in [4.69, 9.17) is 0 Å². The zero-order chi connectivity index (χ0) is 26.5. The van der Waals surface area contributed by atoms with Crippen molar-refractivity contribution < 1.29 is 27.6 Å². The second-order valence-electron chi connectivity index (χ2n) is 7.87. The SMILES string of the molecule is CC(C)C(NC(=O)Cn1c(-c2ccccc2)ccc(NC(=O)Nc2nnn[nH]2)c1=O)C(=O)C(F)(F)F. The number of nitrogens with zero attached hydrogens (tertiary/aromatic N) is 4. The lowest BCUT2D eigenvalue weighted by molar-refractivity contribution is -0.174. The van der Waals surface area contributed by atoms with Gasteiger partial charge in [0.25, 0.3) is 11.3 Å². The minimum Gasteiger partial charge on any atom is -0.344 e. The number of alkyl halides is 3.